The molecule has 0 fully saturated rings. The van der Waals surface area contributed by atoms with Gasteiger partial charge in [-0.3, -0.25) is 4.79 Å². The number of halogens is 1. The second-order valence-corrected chi connectivity index (χ2v) is 9.82. The van der Waals surface area contributed by atoms with Crippen LogP contribution in [0.1, 0.15) is 31.9 Å². The number of nitrogens with one attached hydrogen (secondary N) is 1. The Balaban J connectivity index is 2.37. The first-order valence-corrected chi connectivity index (χ1v) is 10.4. The van der Waals surface area contributed by atoms with Gasteiger partial charge in [-0.05, 0) is 51.5 Å². The van der Waals surface area contributed by atoms with Crippen LogP contribution in [0.4, 0.5) is 0 Å². The molecule has 2 aromatic carbocycles. The number of carbonyl (C=O) groups excluding carboxylic acids is 1. The Bertz CT molecular complexity index is 904. The summed E-state index contributed by atoms with van der Waals surface area (Å²) >= 11 is 6.21. The summed E-state index contributed by atoms with van der Waals surface area (Å²) in [5.41, 5.74) is 1.14. The third kappa shape index (κ3) is 6.06. The van der Waals surface area contributed by atoms with E-state index in [1.807, 2.05) is 27.7 Å². The van der Waals surface area contributed by atoms with Crippen LogP contribution in [0.5, 0.6) is 0 Å². The summed E-state index contributed by atoms with van der Waals surface area (Å²) in [6.45, 7) is 7.13. The molecule has 0 atom stereocenters. The Morgan fingerprint density at radius 1 is 1.07 bits per heavy atom. The van der Waals surface area contributed by atoms with E-state index in [2.05, 4.69) is 5.32 Å². The molecule has 0 heterocycles. The van der Waals surface area contributed by atoms with Crippen LogP contribution < -0.4 is 5.32 Å². The van der Waals surface area contributed by atoms with Gasteiger partial charge in [0.2, 0.25) is 15.9 Å². The molecule has 0 bridgehead atoms. The van der Waals surface area contributed by atoms with Gasteiger partial charge >= 0.3 is 0 Å². The summed E-state index contributed by atoms with van der Waals surface area (Å²) in [5.74, 6) is -0.370. The predicted molar refractivity (Wildman–Crippen MR) is 108 cm³/mol. The highest BCUT2D eigenvalue weighted by atomic mass is 35.5. The zero-order valence-electron chi connectivity index (χ0n) is 16.0. The first-order valence-electron chi connectivity index (χ1n) is 8.60. The summed E-state index contributed by atoms with van der Waals surface area (Å²) in [7, 11) is -3.87. The van der Waals surface area contributed by atoms with Crippen LogP contribution in [0.2, 0.25) is 5.02 Å². The number of benzene rings is 2. The average molecular weight is 409 g/mol. The zero-order valence-corrected chi connectivity index (χ0v) is 17.6. The summed E-state index contributed by atoms with van der Waals surface area (Å²) in [6.07, 6.45) is 0. The van der Waals surface area contributed by atoms with Gasteiger partial charge in [-0.15, -0.1) is 0 Å². The standard InChI is InChI=1S/C20H25ClN2O3S/c1-15-9-11-17(12-10-15)27(25,26)23(14-19(24)22-20(2,3)4)13-16-7-5-6-8-18(16)21/h5-12H,13-14H2,1-4H3,(H,22,24). The third-order valence-electron chi connectivity index (χ3n) is 3.80. The lowest BCUT2D eigenvalue weighted by Crippen LogP contribution is -2.47. The fourth-order valence-electron chi connectivity index (χ4n) is 2.52. The number of aryl methyl sites for hydroxylation is 1. The molecule has 0 aromatic heterocycles. The molecule has 0 aliphatic heterocycles. The zero-order chi connectivity index (χ0) is 20.2. The van der Waals surface area contributed by atoms with E-state index in [0.29, 0.717) is 10.6 Å². The molecule has 0 radical (unpaired) electrons. The molecule has 0 saturated heterocycles. The molecule has 0 unspecified atom stereocenters. The Hall–Kier alpha value is -1.89. The van der Waals surface area contributed by atoms with Crippen LogP contribution in [0.15, 0.2) is 53.4 Å². The van der Waals surface area contributed by atoms with Gasteiger partial charge in [0.1, 0.15) is 0 Å². The molecule has 2 aromatic rings. The van der Waals surface area contributed by atoms with Crippen molar-refractivity contribution >= 4 is 27.5 Å². The minimum absolute atomic E-state index is 0.00739. The molecule has 5 nitrogen and oxygen atoms in total. The lowest BCUT2D eigenvalue weighted by Gasteiger charge is -2.26. The molecule has 7 heteroatoms. The number of sulfonamides is 1. The average Bonchev–Trinajstić information content (AvgIpc) is 2.55. The van der Waals surface area contributed by atoms with Crippen molar-refractivity contribution in [1.82, 2.24) is 9.62 Å². The molecule has 1 N–H and O–H groups in total. The lowest BCUT2D eigenvalue weighted by atomic mass is 10.1. The molecule has 27 heavy (non-hydrogen) atoms. The van der Waals surface area contributed by atoms with Crippen molar-refractivity contribution in [2.24, 2.45) is 0 Å². The monoisotopic (exact) mass is 408 g/mol. The molecule has 2 rings (SSSR count). The largest absolute Gasteiger partial charge is 0.350 e. The van der Waals surface area contributed by atoms with E-state index in [4.69, 9.17) is 11.6 Å². The number of hydrogen-bond donors (Lipinski definition) is 1. The third-order valence-corrected chi connectivity index (χ3v) is 5.97. The normalized spacial score (nSPS) is 12.2. The predicted octanol–water partition coefficient (Wildman–Crippen LogP) is 3.75. The van der Waals surface area contributed by atoms with Gasteiger partial charge in [-0.1, -0.05) is 47.5 Å². The van der Waals surface area contributed by atoms with Crippen LogP contribution in [0.3, 0.4) is 0 Å². The maximum absolute atomic E-state index is 13.2. The Morgan fingerprint density at radius 3 is 2.22 bits per heavy atom. The number of hydrogen-bond acceptors (Lipinski definition) is 3. The second-order valence-electron chi connectivity index (χ2n) is 7.48. The van der Waals surface area contributed by atoms with E-state index in [9.17, 15) is 13.2 Å². The maximum Gasteiger partial charge on any atom is 0.243 e. The van der Waals surface area contributed by atoms with Crippen molar-refractivity contribution in [3.8, 4) is 0 Å². The highest BCUT2D eigenvalue weighted by molar-refractivity contribution is 7.89. The molecular weight excluding hydrogens is 384 g/mol. The fourth-order valence-corrected chi connectivity index (χ4v) is 4.09. The quantitative estimate of drug-likeness (QED) is 0.791. The van der Waals surface area contributed by atoms with Crippen LogP contribution in [0, 0.1) is 6.92 Å². The molecule has 0 spiro atoms. The van der Waals surface area contributed by atoms with E-state index >= 15 is 0 Å². The van der Waals surface area contributed by atoms with Crippen molar-refractivity contribution in [2.75, 3.05) is 6.54 Å². The van der Waals surface area contributed by atoms with Gasteiger partial charge in [0.25, 0.3) is 0 Å². The molecular formula is C20H25ClN2O3S. The van der Waals surface area contributed by atoms with Gasteiger partial charge < -0.3 is 5.32 Å². The lowest BCUT2D eigenvalue weighted by molar-refractivity contribution is -0.122. The number of rotatable bonds is 6. The van der Waals surface area contributed by atoms with Gasteiger partial charge in [-0.25, -0.2) is 8.42 Å². The molecule has 146 valence electrons. The van der Waals surface area contributed by atoms with E-state index < -0.39 is 15.6 Å². The Morgan fingerprint density at radius 2 is 1.67 bits per heavy atom. The second kappa shape index (κ2) is 8.42. The van der Waals surface area contributed by atoms with Crippen molar-refractivity contribution in [3.63, 3.8) is 0 Å². The van der Waals surface area contributed by atoms with E-state index in [1.165, 1.54) is 0 Å². The van der Waals surface area contributed by atoms with Gasteiger partial charge in [0.15, 0.2) is 0 Å². The van der Waals surface area contributed by atoms with Crippen LogP contribution in [-0.4, -0.2) is 30.7 Å². The highest BCUT2D eigenvalue weighted by Crippen LogP contribution is 2.22. The van der Waals surface area contributed by atoms with Crippen molar-refractivity contribution < 1.29 is 13.2 Å². The molecule has 0 aliphatic rings. The van der Waals surface area contributed by atoms with Crippen molar-refractivity contribution in [1.29, 1.82) is 0 Å². The minimum Gasteiger partial charge on any atom is -0.350 e. The topological polar surface area (TPSA) is 66.5 Å². The summed E-state index contributed by atoms with van der Waals surface area (Å²) in [6, 6.07) is 13.6. The Kier molecular flexibility index (Phi) is 6.68. The minimum atomic E-state index is -3.87. The Labute approximate surface area is 166 Å². The molecule has 0 aliphatic carbocycles. The summed E-state index contributed by atoms with van der Waals surface area (Å²) in [5, 5.41) is 3.26. The van der Waals surface area contributed by atoms with Crippen LogP contribution >= 0.6 is 11.6 Å². The van der Waals surface area contributed by atoms with Crippen molar-refractivity contribution in [3.05, 3.63) is 64.7 Å². The van der Waals surface area contributed by atoms with E-state index in [1.54, 1.807) is 48.5 Å². The maximum atomic E-state index is 13.2. The van der Waals surface area contributed by atoms with Gasteiger partial charge in [0.05, 0.1) is 11.4 Å². The van der Waals surface area contributed by atoms with Gasteiger partial charge in [-0.2, -0.15) is 4.31 Å². The number of carbonyl (C=O) groups is 1. The van der Waals surface area contributed by atoms with E-state index in [0.717, 1.165) is 9.87 Å². The fraction of sp³-hybridized carbons (Fsp3) is 0.350. The number of amides is 1. The van der Waals surface area contributed by atoms with E-state index in [-0.39, 0.29) is 23.9 Å². The van der Waals surface area contributed by atoms with Crippen LogP contribution in [0.25, 0.3) is 0 Å². The summed E-state index contributed by atoms with van der Waals surface area (Å²) in [4.78, 5) is 12.6. The van der Waals surface area contributed by atoms with Crippen molar-refractivity contribution in [2.45, 2.75) is 44.7 Å². The smallest absolute Gasteiger partial charge is 0.243 e. The molecule has 1 amide bonds. The highest BCUT2D eigenvalue weighted by Gasteiger charge is 2.28. The first-order chi connectivity index (χ1) is 12.5. The molecule has 0 saturated carbocycles. The SMILES string of the molecule is Cc1ccc(S(=O)(=O)N(CC(=O)NC(C)(C)C)Cc2ccccc2Cl)cc1. The van der Waals surface area contributed by atoms with Gasteiger partial charge in [0, 0.05) is 17.1 Å². The van der Waals surface area contributed by atoms with Crippen LogP contribution in [-0.2, 0) is 21.4 Å². The first kappa shape index (κ1) is 21.4. The summed E-state index contributed by atoms with van der Waals surface area (Å²) < 4.78 is 27.5. The number of nitrogens with zero attached hydrogens (tertiary/aromatic N) is 1.